The van der Waals surface area contributed by atoms with Crippen LogP contribution in [0.1, 0.15) is 23.6 Å². The Balaban J connectivity index is 2.22. The number of aliphatic hydroxyl groups excluding tert-OH is 1. The largest absolute Gasteiger partial charge is 0.462 e. The van der Waals surface area contributed by atoms with E-state index in [0.29, 0.717) is 5.92 Å². The van der Waals surface area contributed by atoms with E-state index in [1.54, 1.807) is 11.3 Å². The third-order valence-corrected chi connectivity index (χ3v) is 3.53. The van der Waals surface area contributed by atoms with E-state index in [-0.39, 0.29) is 5.92 Å². The Morgan fingerprint density at radius 1 is 1.54 bits per heavy atom. The summed E-state index contributed by atoms with van der Waals surface area (Å²) in [5.74, 6) is 3.66. The lowest BCUT2D eigenvalue weighted by molar-refractivity contribution is 0.514. The fourth-order valence-electron chi connectivity index (χ4n) is 1.42. The highest BCUT2D eigenvalue weighted by atomic mass is 35.5. The first-order chi connectivity index (χ1) is 6.31. The Morgan fingerprint density at radius 2 is 2.31 bits per heavy atom. The Bertz CT molecular complexity index is 356. The van der Waals surface area contributed by atoms with Crippen molar-refractivity contribution in [2.75, 3.05) is 0 Å². The average molecular weight is 213 g/mol. The zero-order chi connectivity index (χ0) is 9.26. The van der Waals surface area contributed by atoms with Crippen LogP contribution in [0.25, 0.3) is 0 Å². The third-order valence-electron chi connectivity index (χ3n) is 2.21. The van der Waals surface area contributed by atoms with Crippen molar-refractivity contribution in [1.82, 2.24) is 0 Å². The van der Waals surface area contributed by atoms with Crippen LogP contribution in [0.4, 0.5) is 0 Å². The predicted molar refractivity (Wildman–Crippen MR) is 54.5 cm³/mol. The smallest absolute Gasteiger partial charge is 0.108 e. The van der Waals surface area contributed by atoms with Gasteiger partial charge >= 0.3 is 0 Å². The van der Waals surface area contributed by atoms with E-state index in [1.165, 1.54) is 17.7 Å². The molecule has 1 saturated carbocycles. The van der Waals surface area contributed by atoms with Gasteiger partial charge in [0.1, 0.15) is 6.11 Å². The number of hydrogen-bond acceptors (Lipinski definition) is 2. The van der Waals surface area contributed by atoms with E-state index in [1.807, 2.05) is 18.2 Å². The zero-order valence-electron chi connectivity index (χ0n) is 6.96. The summed E-state index contributed by atoms with van der Waals surface area (Å²) in [5.41, 5.74) is 0. The maximum absolute atomic E-state index is 8.59. The van der Waals surface area contributed by atoms with Gasteiger partial charge in [-0.1, -0.05) is 17.5 Å². The third kappa shape index (κ3) is 1.99. The molecule has 1 aromatic rings. The van der Waals surface area contributed by atoms with Gasteiger partial charge in [-0.15, -0.1) is 11.3 Å². The summed E-state index contributed by atoms with van der Waals surface area (Å²) in [6.07, 6.45) is 4.44. The summed E-state index contributed by atoms with van der Waals surface area (Å²) in [7, 11) is 0. The molecule has 1 atom stereocenters. The molecule has 0 bridgehead atoms. The quantitative estimate of drug-likeness (QED) is 0.747. The predicted octanol–water partition coefficient (Wildman–Crippen LogP) is 3.23. The molecule has 0 aliphatic heterocycles. The van der Waals surface area contributed by atoms with E-state index in [2.05, 4.69) is 5.92 Å². The van der Waals surface area contributed by atoms with Gasteiger partial charge in [0.15, 0.2) is 0 Å². The van der Waals surface area contributed by atoms with Crippen LogP contribution in [0.2, 0.25) is 4.34 Å². The van der Waals surface area contributed by atoms with Gasteiger partial charge in [-0.25, -0.2) is 0 Å². The normalized spacial score (nSPS) is 17.6. The van der Waals surface area contributed by atoms with Crippen molar-refractivity contribution in [3.05, 3.63) is 21.3 Å². The van der Waals surface area contributed by atoms with E-state index >= 15 is 0 Å². The Hall–Kier alpha value is -0.650. The van der Waals surface area contributed by atoms with Crippen LogP contribution < -0.4 is 0 Å². The van der Waals surface area contributed by atoms with Crippen LogP contribution in [0.15, 0.2) is 12.1 Å². The fraction of sp³-hybridized carbons (Fsp3) is 0.400. The van der Waals surface area contributed by atoms with Crippen LogP contribution in [0.3, 0.4) is 0 Å². The molecule has 1 heterocycles. The molecule has 1 fully saturated rings. The molecule has 1 aliphatic carbocycles. The van der Waals surface area contributed by atoms with Crippen molar-refractivity contribution in [2.24, 2.45) is 5.92 Å². The first-order valence-corrected chi connectivity index (χ1v) is 5.40. The molecule has 0 amide bonds. The second-order valence-electron chi connectivity index (χ2n) is 3.21. The van der Waals surface area contributed by atoms with Crippen LogP contribution in [0, 0.1) is 17.9 Å². The lowest BCUT2D eigenvalue weighted by atomic mass is 10.0. The van der Waals surface area contributed by atoms with Gasteiger partial charge in [0.05, 0.1) is 10.3 Å². The van der Waals surface area contributed by atoms with Crippen LogP contribution >= 0.6 is 22.9 Å². The molecule has 2 rings (SSSR count). The molecule has 1 aliphatic rings. The summed E-state index contributed by atoms with van der Waals surface area (Å²) in [6.45, 7) is 0. The number of thiophene rings is 1. The number of halogens is 1. The molecule has 13 heavy (non-hydrogen) atoms. The van der Waals surface area contributed by atoms with Crippen molar-refractivity contribution < 1.29 is 5.11 Å². The molecular weight excluding hydrogens is 204 g/mol. The Kier molecular flexibility index (Phi) is 2.48. The monoisotopic (exact) mass is 212 g/mol. The van der Waals surface area contributed by atoms with Gasteiger partial charge < -0.3 is 5.11 Å². The fourth-order valence-corrected chi connectivity index (χ4v) is 2.62. The van der Waals surface area contributed by atoms with Crippen LogP contribution in [0.5, 0.6) is 0 Å². The highest BCUT2D eigenvalue weighted by Gasteiger charge is 2.32. The minimum Gasteiger partial charge on any atom is -0.462 e. The summed E-state index contributed by atoms with van der Waals surface area (Å²) in [4.78, 5) is 1.18. The van der Waals surface area contributed by atoms with E-state index in [0.717, 1.165) is 4.34 Å². The maximum Gasteiger partial charge on any atom is 0.108 e. The average Bonchev–Trinajstić information content (AvgIpc) is 2.85. The summed E-state index contributed by atoms with van der Waals surface area (Å²) in [6, 6.07) is 3.89. The van der Waals surface area contributed by atoms with Gasteiger partial charge in [0, 0.05) is 4.88 Å². The van der Waals surface area contributed by atoms with Gasteiger partial charge in [0.25, 0.3) is 0 Å². The topological polar surface area (TPSA) is 20.2 Å². The molecule has 0 saturated heterocycles. The lowest BCUT2D eigenvalue weighted by Crippen LogP contribution is -1.94. The van der Waals surface area contributed by atoms with E-state index < -0.39 is 0 Å². The van der Waals surface area contributed by atoms with Crippen LogP contribution in [-0.4, -0.2) is 5.11 Å². The number of hydrogen-bond donors (Lipinski definition) is 1. The van der Waals surface area contributed by atoms with Crippen molar-refractivity contribution in [3.63, 3.8) is 0 Å². The summed E-state index contributed by atoms with van der Waals surface area (Å²) < 4.78 is 0.792. The first-order valence-electron chi connectivity index (χ1n) is 4.21. The first kappa shape index (κ1) is 8.93. The molecule has 1 unspecified atom stereocenters. The Morgan fingerprint density at radius 3 is 2.77 bits per heavy atom. The molecule has 1 N–H and O–H groups in total. The molecular formula is C10H9ClOS. The molecule has 1 aromatic heterocycles. The van der Waals surface area contributed by atoms with Gasteiger partial charge in [-0.2, -0.15) is 0 Å². The minimum atomic E-state index is 0.197. The van der Waals surface area contributed by atoms with E-state index in [9.17, 15) is 0 Å². The minimum absolute atomic E-state index is 0.197. The SMILES string of the molecule is OC#CC(c1ccc(Cl)s1)C1CC1. The molecule has 0 aromatic carbocycles. The van der Waals surface area contributed by atoms with Gasteiger partial charge in [-0.3, -0.25) is 0 Å². The number of rotatable bonds is 2. The second-order valence-corrected chi connectivity index (χ2v) is 4.96. The molecule has 68 valence electrons. The molecule has 1 nitrogen and oxygen atoms in total. The van der Waals surface area contributed by atoms with Crippen molar-refractivity contribution in [3.8, 4) is 12.0 Å². The zero-order valence-corrected chi connectivity index (χ0v) is 8.53. The van der Waals surface area contributed by atoms with Crippen molar-refractivity contribution in [1.29, 1.82) is 0 Å². The second kappa shape index (κ2) is 3.61. The highest BCUT2D eigenvalue weighted by molar-refractivity contribution is 7.16. The van der Waals surface area contributed by atoms with Crippen molar-refractivity contribution in [2.45, 2.75) is 18.8 Å². The number of aliphatic hydroxyl groups is 1. The van der Waals surface area contributed by atoms with Gasteiger partial charge in [-0.05, 0) is 30.9 Å². The van der Waals surface area contributed by atoms with E-state index in [4.69, 9.17) is 16.7 Å². The van der Waals surface area contributed by atoms with Crippen LogP contribution in [-0.2, 0) is 0 Å². The van der Waals surface area contributed by atoms with Crippen molar-refractivity contribution >= 4 is 22.9 Å². The maximum atomic E-state index is 8.59. The Labute approximate surface area is 86.4 Å². The standard InChI is InChI=1S/C10H9ClOS/c11-10-4-3-9(13-10)8(5-6-12)7-1-2-7/h3-4,7-8,12H,1-2H2. The molecule has 0 radical (unpaired) electrons. The summed E-state index contributed by atoms with van der Waals surface area (Å²) >= 11 is 7.39. The molecule has 0 spiro atoms. The molecule has 3 heteroatoms. The van der Waals surface area contributed by atoms with Gasteiger partial charge in [0.2, 0.25) is 0 Å². The summed E-state index contributed by atoms with van der Waals surface area (Å²) in [5, 5.41) is 8.59. The lowest BCUT2D eigenvalue weighted by Gasteiger charge is -2.04. The highest BCUT2D eigenvalue weighted by Crippen LogP contribution is 2.44.